The van der Waals surface area contributed by atoms with Crippen LogP contribution in [0.15, 0.2) is 75.9 Å². The lowest BCUT2D eigenvalue weighted by Crippen LogP contribution is -2.12. The molecule has 0 bridgehead atoms. The van der Waals surface area contributed by atoms with Crippen molar-refractivity contribution in [2.75, 3.05) is 5.32 Å². The number of carbonyl (C=O) groups is 1. The number of benzene rings is 3. The van der Waals surface area contributed by atoms with Crippen molar-refractivity contribution in [1.29, 1.82) is 5.26 Å². The maximum atomic E-state index is 14.4. The predicted octanol–water partition coefficient (Wildman–Crippen LogP) is 5.34. The van der Waals surface area contributed by atoms with Crippen molar-refractivity contribution in [2.45, 2.75) is 13.0 Å². The first kappa shape index (κ1) is 20.8. The Labute approximate surface area is 182 Å². The quantitative estimate of drug-likeness (QED) is 0.445. The standard InChI is InChI=1S/C25H17FN2O4/c1-14(28-21-5-3-2-4-18(21)25(30)31)19-10-17(26)11-20-22(29)12-23(32-24(19)20)16-8-6-15(13-27)7-9-16/h2-12,14,28H,1H3,(H,30,31)/t14-/m1/s1. The number of fused-ring (bicyclic) bond motifs is 1. The molecule has 0 aliphatic carbocycles. The Hall–Kier alpha value is -4.44. The summed E-state index contributed by atoms with van der Waals surface area (Å²) in [5.41, 5.74) is 1.64. The molecule has 4 rings (SSSR count). The molecule has 3 aromatic carbocycles. The number of halogens is 1. The number of anilines is 1. The van der Waals surface area contributed by atoms with Crippen LogP contribution < -0.4 is 10.7 Å². The molecule has 1 atom stereocenters. The minimum Gasteiger partial charge on any atom is -0.478 e. The Kier molecular flexibility index (Phi) is 5.44. The van der Waals surface area contributed by atoms with Gasteiger partial charge in [-0.2, -0.15) is 5.26 Å². The third-order valence-corrected chi connectivity index (χ3v) is 5.12. The van der Waals surface area contributed by atoms with Gasteiger partial charge in [0.05, 0.1) is 28.6 Å². The number of carboxylic acid groups (broad SMARTS) is 1. The topological polar surface area (TPSA) is 103 Å². The Morgan fingerprint density at radius 3 is 2.53 bits per heavy atom. The van der Waals surface area contributed by atoms with E-state index in [0.29, 0.717) is 22.4 Å². The summed E-state index contributed by atoms with van der Waals surface area (Å²) in [6, 6.07) is 18.0. The van der Waals surface area contributed by atoms with Crippen LogP contribution in [-0.2, 0) is 0 Å². The number of rotatable bonds is 5. The summed E-state index contributed by atoms with van der Waals surface area (Å²) in [5.74, 6) is -1.43. The van der Waals surface area contributed by atoms with Gasteiger partial charge in [-0.05, 0) is 55.5 Å². The van der Waals surface area contributed by atoms with Crippen LogP contribution >= 0.6 is 0 Å². The molecule has 0 fully saturated rings. The highest BCUT2D eigenvalue weighted by Gasteiger charge is 2.19. The first-order chi connectivity index (χ1) is 15.4. The molecule has 0 radical (unpaired) electrons. The summed E-state index contributed by atoms with van der Waals surface area (Å²) >= 11 is 0. The summed E-state index contributed by atoms with van der Waals surface area (Å²) < 4.78 is 20.4. The van der Waals surface area contributed by atoms with Crippen LogP contribution in [0, 0.1) is 17.1 Å². The van der Waals surface area contributed by atoms with Crippen molar-refractivity contribution in [3.63, 3.8) is 0 Å². The zero-order valence-electron chi connectivity index (χ0n) is 16.9. The zero-order chi connectivity index (χ0) is 22.8. The number of carboxylic acids is 1. The average Bonchev–Trinajstić information content (AvgIpc) is 2.79. The molecule has 0 saturated heterocycles. The molecule has 1 aromatic heterocycles. The van der Waals surface area contributed by atoms with Crippen LogP contribution in [0.5, 0.6) is 0 Å². The van der Waals surface area contributed by atoms with Crippen LogP contribution in [0.1, 0.15) is 34.5 Å². The van der Waals surface area contributed by atoms with E-state index in [2.05, 4.69) is 5.32 Å². The summed E-state index contributed by atoms with van der Waals surface area (Å²) in [6.07, 6.45) is 0. The molecule has 0 aliphatic heterocycles. The summed E-state index contributed by atoms with van der Waals surface area (Å²) in [5, 5.41) is 21.6. The van der Waals surface area contributed by atoms with Gasteiger partial charge in [0.15, 0.2) is 5.43 Å². The van der Waals surface area contributed by atoms with Crippen molar-refractivity contribution >= 4 is 22.6 Å². The summed E-state index contributed by atoms with van der Waals surface area (Å²) in [6.45, 7) is 1.72. The number of nitriles is 1. The molecule has 0 unspecified atom stereocenters. The normalized spacial score (nSPS) is 11.7. The molecule has 2 N–H and O–H groups in total. The molecule has 0 spiro atoms. The molecule has 32 heavy (non-hydrogen) atoms. The lowest BCUT2D eigenvalue weighted by atomic mass is 10.0. The monoisotopic (exact) mass is 428 g/mol. The maximum absolute atomic E-state index is 14.4. The molecule has 4 aromatic rings. The van der Waals surface area contributed by atoms with Gasteiger partial charge in [0.1, 0.15) is 17.2 Å². The highest BCUT2D eigenvalue weighted by Crippen LogP contribution is 2.31. The fourth-order valence-corrected chi connectivity index (χ4v) is 3.53. The van der Waals surface area contributed by atoms with Crippen molar-refractivity contribution in [3.05, 3.63) is 99.5 Å². The zero-order valence-corrected chi connectivity index (χ0v) is 16.9. The van der Waals surface area contributed by atoms with Crippen molar-refractivity contribution < 1.29 is 18.7 Å². The van der Waals surface area contributed by atoms with Gasteiger partial charge in [0, 0.05) is 22.9 Å². The second kappa shape index (κ2) is 8.36. The molecular formula is C25H17FN2O4. The number of para-hydroxylation sites is 1. The Balaban J connectivity index is 1.83. The lowest BCUT2D eigenvalue weighted by Gasteiger charge is -2.19. The number of aromatic carboxylic acids is 1. The maximum Gasteiger partial charge on any atom is 0.337 e. The van der Waals surface area contributed by atoms with Gasteiger partial charge in [0.2, 0.25) is 0 Å². The molecule has 158 valence electrons. The average molecular weight is 428 g/mol. The summed E-state index contributed by atoms with van der Waals surface area (Å²) in [4.78, 5) is 24.3. The van der Waals surface area contributed by atoms with Crippen LogP contribution in [0.25, 0.3) is 22.3 Å². The van der Waals surface area contributed by atoms with Gasteiger partial charge in [-0.3, -0.25) is 4.79 Å². The molecule has 1 heterocycles. The van der Waals surface area contributed by atoms with E-state index in [0.717, 1.165) is 6.07 Å². The van der Waals surface area contributed by atoms with Crippen molar-refractivity contribution in [3.8, 4) is 17.4 Å². The van der Waals surface area contributed by atoms with E-state index in [9.17, 15) is 19.1 Å². The second-order valence-electron chi connectivity index (χ2n) is 7.25. The van der Waals surface area contributed by atoms with Gasteiger partial charge >= 0.3 is 5.97 Å². The second-order valence-corrected chi connectivity index (χ2v) is 7.25. The first-order valence-electron chi connectivity index (χ1n) is 9.74. The molecule has 6 nitrogen and oxygen atoms in total. The van der Waals surface area contributed by atoms with E-state index in [1.54, 1.807) is 49.4 Å². The smallest absolute Gasteiger partial charge is 0.337 e. The van der Waals surface area contributed by atoms with Crippen LogP contribution in [0.3, 0.4) is 0 Å². The van der Waals surface area contributed by atoms with E-state index < -0.39 is 23.3 Å². The Morgan fingerprint density at radius 2 is 1.84 bits per heavy atom. The van der Waals surface area contributed by atoms with Crippen LogP contribution in [0.2, 0.25) is 0 Å². The van der Waals surface area contributed by atoms with Crippen LogP contribution in [-0.4, -0.2) is 11.1 Å². The van der Waals surface area contributed by atoms with Gasteiger partial charge in [-0.15, -0.1) is 0 Å². The van der Waals surface area contributed by atoms with E-state index in [4.69, 9.17) is 9.68 Å². The van der Waals surface area contributed by atoms with E-state index in [1.807, 2.05) is 6.07 Å². The third kappa shape index (κ3) is 3.94. The fourth-order valence-electron chi connectivity index (χ4n) is 3.53. The molecular weight excluding hydrogens is 411 g/mol. The number of hydrogen-bond acceptors (Lipinski definition) is 5. The van der Waals surface area contributed by atoms with Crippen molar-refractivity contribution in [1.82, 2.24) is 0 Å². The molecule has 0 amide bonds. The predicted molar refractivity (Wildman–Crippen MR) is 118 cm³/mol. The SMILES string of the molecule is C[C@@H](Nc1ccccc1C(=O)O)c1cc(F)cc2c(=O)cc(-c3ccc(C#N)cc3)oc12. The van der Waals surface area contributed by atoms with Gasteiger partial charge in [0.25, 0.3) is 0 Å². The molecule has 7 heteroatoms. The minimum absolute atomic E-state index is 0.0692. The largest absolute Gasteiger partial charge is 0.478 e. The Bertz CT molecular complexity index is 1440. The highest BCUT2D eigenvalue weighted by atomic mass is 19.1. The number of hydrogen-bond donors (Lipinski definition) is 2. The lowest BCUT2D eigenvalue weighted by molar-refractivity contribution is 0.0698. The molecule has 0 saturated carbocycles. The van der Waals surface area contributed by atoms with E-state index >= 15 is 0 Å². The molecule has 0 aliphatic rings. The Morgan fingerprint density at radius 1 is 1.12 bits per heavy atom. The highest BCUT2D eigenvalue weighted by molar-refractivity contribution is 5.94. The minimum atomic E-state index is -1.10. The van der Waals surface area contributed by atoms with E-state index in [1.165, 1.54) is 18.2 Å². The number of nitrogens with one attached hydrogen (secondary N) is 1. The van der Waals surface area contributed by atoms with E-state index in [-0.39, 0.29) is 22.3 Å². The third-order valence-electron chi connectivity index (χ3n) is 5.12. The van der Waals surface area contributed by atoms with Gasteiger partial charge < -0.3 is 14.8 Å². The number of nitrogens with zero attached hydrogens (tertiary/aromatic N) is 1. The van der Waals surface area contributed by atoms with Gasteiger partial charge in [-0.1, -0.05) is 12.1 Å². The van der Waals surface area contributed by atoms with Crippen LogP contribution in [0.4, 0.5) is 10.1 Å². The summed E-state index contributed by atoms with van der Waals surface area (Å²) in [7, 11) is 0. The van der Waals surface area contributed by atoms with Gasteiger partial charge in [-0.25, -0.2) is 9.18 Å². The fraction of sp³-hybridized carbons (Fsp3) is 0.0800. The first-order valence-corrected chi connectivity index (χ1v) is 9.74. The van der Waals surface area contributed by atoms with Crippen molar-refractivity contribution in [2.24, 2.45) is 0 Å².